The van der Waals surface area contributed by atoms with E-state index in [9.17, 15) is 0 Å². The average Bonchev–Trinajstić information content (AvgIpc) is 3.47. The maximum Gasteiger partial charge on any atom is 0.239 e. The van der Waals surface area contributed by atoms with Crippen LogP contribution in [-0.2, 0) is 0 Å². The first kappa shape index (κ1) is 19.7. The van der Waals surface area contributed by atoms with E-state index in [0.29, 0.717) is 11.7 Å². The van der Waals surface area contributed by atoms with Gasteiger partial charge >= 0.3 is 0 Å². The lowest BCUT2D eigenvalue weighted by Gasteiger charge is -2.14. The van der Waals surface area contributed by atoms with Crippen LogP contribution in [0.25, 0.3) is 16.4 Å². The van der Waals surface area contributed by atoms with Crippen LogP contribution in [-0.4, -0.2) is 32.0 Å². The van der Waals surface area contributed by atoms with Gasteiger partial charge in [-0.05, 0) is 30.5 Å². The molecule has 0 radical (unpaired) electrons. The van der Waals surface area contributed by atoms with Crippen molar-refractivity contribution < 1.29 is 9.26 Å². The van der Waals surface area contributed by atoms with Gasteiger partial charge in [0.15, 0.2) is 16.8 Å². The average molecular weight is 428 g/mol. The first-order chi connectivity index (χ1) is 14.1. The SMILES string of the molecule is COc1ccccc1-n1c(SC(C)c2nc(C(C)C)no2)nnc1-c1cccs1. The molecular weight excluding hydrogens is 406 g/mol. The Hall–Kier alpha value is -2.65. The summed E-state index contributed by atoms with van der Waals surface area (Å²) in [5.41, 5.74) is 0.881. The largest absolute Gasteiger partial charge is 0.495 e. The van der Waals surface area contributed by atoms with E-state index >= 15 is 0 Å². The Kier molecular flexibility index (Phi) is 5.68. The van der Waals surface area contributed by atoms with Gasteiger partial charge in [0.25, 0.3) is 0 Å². The molecule has 3 heterocycles. The van der Waals surface area contributed by atoms with E-state index < -0.39 is 0 Å². The lowest BCUT2D eigenvalue weighted by Crippen LogP contribution is -2.02. The molecule has 9 heteroatoms. The molecule has 4 aromatic rings. The lowest BCUT2D eigenvalue weighted by molar-refractivity contribution is 0.373. The summed E-state index contributed by atoms with van der Waals surface area (Å²) in [7, 11) is 1.66. The molecule has 0 aliphatic rings. The van der Waals surface area contributed by atoms with Crippen molar-refractivity contribution in [3.05, 3.63) is 53.5 Å². The van der Waals surface area contributed by atoms with Crippen LogP contribution in [0.4, 0.5) is 0 Å². The third-order valence-corrected chi connectivity index (χ3v) is 6.20. The smallest absolute Gasteiger partial charge is 0.239 e. The minimum Gasteiger partial charge on any atom is -0.495 e. The van der Waals surface area contributed by atoms with Gasteiger partial charge < -0.3 is 9.26 Å². The Balaban J connectivity index is 1.75. The fourth-order valence-corrected chi connectivity index (χ4v) is 4.39. The predicted molar refractivity (Wildman–Crippen MR) is 114 cm³/mol. The zero-order valence-corrected chi connectivity index (χ0v) is 18.2. The van der Waals surface area contributed by atoms with E-state index in [-0.39, 0.29) is 11.2 Å². The van der Waals surface area contributed by atoms with Crippen LogP contribution in [0, 0.1) is 0 Å². The number of thioether (sulfide) groups is 1. The molecule has 0 amide bonds. The summed E-state index contributed by atoms with van der Waals surface area (Å²) >= 11 is 3.14. The zero-order valence-electron chi connectivity index (χ0n) is 16.6. The molecule has 150 valence electrons. The number of thiophene rings is 1. The van der Waals surface area contributed by atoms with Gasteiger partial charge in [-0.15, -0.1) is 21.5 Å². The standard InChI is InChI=1S/C20H21N5O2S2/c1-12(2)17-21-19(27-24-17)13(3)29-20-23-22-18(16-10-7-11-28-16)25(20)14-8-5-6-9-15(14)26-4/h5-13H,1-4H3. The van der Waals surface area contributed by atoms with Crippen LogP contribution in [0.2, 0.25) is 0 Å². The van der Waals surface area contributed by atoms with Crippen LogP contribution < -0.4 is 4.74 Å². The maximum absolute atomic E-state index is 5.59. The van der Waals surface area contributed by atoms with Crippen LogP contribution >= 0.6 is 23.1 Å². The van der Waals surface area contributed by atoms with E-state index in [4.69, 9.17) is 9.26 Å². The molecule has 1 aromatic carbocycles. The van der Waals surface area contributed by atoms with Gasteiger partial charge in [0.05, 0.1) is 22.9 Å². The molecular formula is C20H21N5O2S2. The van der Waals surface area contributed by atoms with Crippen molar-refractivity contribution in [3.63, 3.8) is 0 Å². The first-order valence-electron chi connectivity index (χ1n) is 9.21. The van der Waals surface area contributed by atoms with Gasteiger partial charge in [-0.2, -0.15) is 4.98 Å². The van der Waals surface area contributed by atoms with Crippen molar-refractivity contribution in [2.24, 2.45) is 0 Å². The fraction of sp³-hybridized carbons (Fsp3) is 0.300. The van der Waals surface area contributed by atoms with Crippen LogP contribution in [0.3, 0.4) is 0 Å². The Morgan fingerprint density at radius 3 is 2.62 bits per heavy atom. The second kappa shape index (κ2) is 8.38. The monoisotopic (exact) mass is 427 g/mol. The molecule has 4 rings (SSSR count). The number of hydrogen-bond donors (Lipinski definition) is 0. The Morgan fingerprint density at radius 2 is 1.93 bits per heavy atom. The Bertz CT molecular complexity index is 1090. The number of hydrogen-bond acceptors (Lipinski definition) is 8. The van der Waals surface area contributed by atoms with Crippen LogP contribution in [0.1, 0.15) is 43.7 Å². The molecule has 29 heavy (non-hydrogen) atoms. The van der Waals surface area contributed by atoms with Crippen molar-refractivity contribution in [2.75, 3.05) is 7.11 Å². The summed E-state index contributed by atoms with van der Waals surface area (Å²) in [6.07, 6.45) is 0. The molecule has 0 bridgehead atoms. The molecule has 0 saturated heterocycles. The van der Waals surface area contributed by atoms with Gasteiger partial charge in [-0.25, -0.2) is 0 Å². The van der Waals surface area contributed by atoms with Crippen molar-refractivity contribution in [1.29, 1.82) is 0 Å². The molecule has 0 N–H and O–H groups in total. The fourth-order valence-electron chi connectivity index (χ4n) is 2.80. The summed E-state index contributed by atoms with van der Waals surface area (Å²) < 4.78 is 13.1. The Morgan fingerprint density at radius 1 is 1.10 bits per heavy atom. The minimum absolute atomic E-state index is 0.0798. The lowest BCUT2D eigenvalue weighted by atomic mass is 10.2. The second-order valence-electron chi connectivity index (χ2n) is 6.70. The third kappa shape index (κ3) is 3.92. The normalized spacial score (nSPS) is 12.4. The Labute approximate surface area is 177 Å². The van der Waals surface area contributed by atoms with Gasteiger partial charge in [0, 0.05) is 5.92 Å². The third-order valence-electron chi connectivity index (χ3n) is 4.30. The van der Waals surface area contributed by atoms with Gasteiger partial charge in [0.2, 0.25) is 5.89 Å². The van der Waals surface area contributed by atoms with Crippen LogP contribution in [0.5, 0.6) is 5.75 Å². The topological polar surface area (TPSA) is 78.9 Å². The molecule has 0 aliphatic carbocycles. The number of nitrogens with zero attached hydrogens (tertiary/aromatic N) is 5. The minimum atomic E-state index is -0.0798. The molecule has 0 fully saturated rings. The summed E-state index contributed by atoms with van der Waals surface area (Å²) in [6, 6.07) is 11.9. The molecule has 0 aliphatic heterocycles. The van der Waals surface area contributed by atoms with E-state index in [0.717, 1.165) is 27.3 Å². The first-order valence-corrected chi connectivity index (χ1v) is 11.0. The second-order valence-corrected chi connectivity index (χ2v) is 8.95. The zero-order chi connectivity index (χ0) is 20.4. The van der Waals surface area contributed by atoms with Crippen LogP contribution in [0.15, 0.2) is 51.5 Å². The van der Waals surface area contributed by atoms with E-state index in [1.807, 2.05) is 67.1 Å². The van der Waals surface area contributed by atoms with Crippen molar-refractivity contribution in [1.82, 2.24) is 24.9 Å². The highest BCUT2D eigenvalue weighted by Crippen LogP contribution is 2.39. The molecule has 0 spiro atoms. The highest BCUT2D eigenvalue weighted by molar-refractivity contribution is 7.99. The van der Waals surface area contributed by atoms with Crippen molar-refractivity contribution in [2.45, 2.75) is 37.1 Å². The summed E-state index contributed by atoms with van der Waals surface area (Å²) in [5.74, 6) is 3.02. The molecule has 0 saturated carbocycles. The van der Waals surface area contributed by atoms with E-state index in [1.54, 1.807) is 18.4 Å². The quantitative estimate of drug-likeness (QED) is 0.367. The molecule has 7 nitrogen and oxygen atoms in total. The number of para-hydroxylation sites is 2. The number of aromatic nitrogens is 5. The van der Waals surface area contributed by atoms with E-state index in [2.05, 4.69) is 20.3 Å². The number of rotatable bonds is 7. The summed E-state index contributed by atoms with van der Waals surface area (Å²) in [4.78, 5) is 5.55. The van der Waals surface area contributed by atoms with Crippen molar-refractivity contribution in [3.8, 4) is 22.1 Å². The van der Waals surface area contributed by atoms with Gasteiger partial charge in [-0.3, -0.25) is 4.57 Å². The highest BCUT2D eigenvalue weighted by Gasteiger charge is 2.24. The number of benzene rings is 1. The molecule has 1 atom stereocenters. The van der Waals surface area contributed by atoms with Gasteiger partial charge in [-0.1, -0.05) is 49.0 Å². The number of methoxy groups -OCH3 is 1. The predicted octanol–water partition coefficient (Wildman–Crippen LogP) is 5.36. The molecule has 3 aromatic heterocycles. The summed E-state index contributed by atoms with van der Waals surface area (Å²) in [6.45, 7) is 6.10. The molecule has 1 unspecified atom stereocenters. The maximum atomic E-state index is 5.59. The van der Waals surface area contributed by atoms with Gasteiger partial charge in [0.1, 0.15) is 5.75 Å². The highest BCUT2D eigenvalue weighted by atomic mass is 32.2. The summed E-state index contributed by atoms with van der Waals surface area (Å²) in [5, 5.41) is 15.7. The van der Waals surface area contributed by atoms with Crippen molar-refractivity contribution >= 4 is 23.1 Å². The van der Waals surface area contributed by atoms with E-state index in [1.165, 1.54) is 11.8 Å². The number of ether oxygens (including phenoxy) is 1.